The first-order valence-corrected chi connectivity index (χ1v) is 8.65. The molecular weight excluding hydrogens is 286 g/mol. The third kappa shape index (κ3) is 5.28. The molecule has 1 fully saturated rings. The maximum absolute atomic E-state index is 11.4. The molecule has 5 nitrogen and oxygen atoms in total. The molecule has 1 aromatic heterocycles. The quantitative estimate of drug-likeness (QED) is 0.784. The Kier molecular flexibility index (Phi) is 6.45. The van der Waals surface area contributed by atoms with E-state index in [4.69, 9.17) is 4.74 Å². The Morgan fingerprint density at radius 2 is 2.24 bits per heavy atom. The van der Waals surface area contributed by atoms with E-state index in [0.29, 0.717) is 6.61 Å². The van der Waals surface area contributed by atoms with Gasteiger partial charge in [0.1, 0.15) is 0 Å². The molecule has 0 aliphatic carbocycles. The van der Waals surface area contributed by atoms with E-state index in [9.17, 15) is 4.79 Å². The lowest BCUT2D eigenvalue weighted by atomic mass is 9.97. The second kappa shape index (κ2) is 8.34. The molecule has 0 unspecified atom stereocenters. The predicted octanol–water partition coefficient (Wildman–Crippen LogP) is 2.39. The van der Waals surface area contributed by atoms with Crippen molar-refractivity contribution in [3.63, 3.8) is 0 Å². The van der Waals surface area contributed by atoms with Crippen molar-refractivity contribution >= 4 is 22.4 Å². The van der Waals surface area contributed by atoms with Crippen LogP contribution in [0.4, 0.5) is 5.13 Å². The molecule has 0 amide bonds. The lowest BCUT2D eigenvalue weighted by Gasteiger charge is -2.30. The van der Waals surface area contributed by atoms with Crippen molar-refractivity contribution < 1.29 is 9.53 Å². The Morgan fingerprint density at radius 1 is 1.48 bits per heavy atom. The van der Waals surface area contributed by atoms with Crippen LogP contribution in [0.5, 0.6) is 0 Å². The van der Waals surface area contributed by atoms with Crippen LogP contribution >= 0.6 is 11.3 Å². The predicted molar refractivity (Wildman–Crippen MR) is 85.8 cm³/mol. The number of carbonyl (C=O) groups excluding carboxylic acids is 1. The Hall–Kier alpha value is -1.14. The molecule has 2 heterocycles. The van der Waals surface area contributed by atoms with Gasteiger partial charge < -0.3 is 15.0 Å². The molecule has 1 saturated heterocycles. The summed E-state index contributed by atoms with van der Waals surface area (Å²) in [6.07, 6.45) is 2.77. The van der Waals surface area contributed by atoms with Crippen LogP contribution in [0.25, 0.3) is 0 Å². The molecule has 1 N–H and O–H groups in total. The number of hydrogen-bond acceptors (Lipinski definition) is 6. The molecule has 6 heteroatoms. The number of nitrogens with one attached hydrogen (secondary N) is 1. The number of aromatic nitrogens is 1. The van der Waals surface area contributed by atoms with E-state index in [0.717, 1.165) is 29.8 Å². The van der Waals surface area contributed by atoms with Gasteiger partial charge in [-0.2, -0.15) is 0 Å². The SMILES string of the molecule is CCOC(=O)Cc1csc(NCC2CCN(CC)CC2)n1. The molecule has 1 aromatic rings. The Balaban J connectivity index is 1.72. The van der Waals surface area contributed by atoms with Crippen molar-refractivity contribution in [3.8, 4) is 0 Å². The Labute approximate surface area is 130 Å². The topological polar surface area (TPSA) is 54.5 Å². The minimum atomic E-state index is -0.207. The van der Waals surface area contributed by atoms with Crippen molar-refractivity contribution in [3.05, 3.63) is 11.1 Å². The summed E-state index contributed by atoms with van der Waals surface area (Å²) in [5, 5.41) is 6.25. The van der Waals surface area contributed by atoms with Gasteiger partial charge in [-0.3, -0.25) is 4.79 Å². The van der Waals surface area contributed by atoms with Crippen molar-refractivity contribution in [2.45, 2.75) is 33.1 Å². The third-order valence-electron chi connectivity index (χ3n) is 3.88. The maximum atomic E-state index is 11.4. The molecule has 21 heavy (non-hydrogen) atoms. The summed E-state index contributed by atoms with van der Waals surface area (Å²) in [5.74, 6) is 0.520. The van der Waals surface area contributed by atoms with Gasteiger partial charge in [0.25, 0.3) is 0 Å². The molecule has 0 saturated carbocycles. The second-order valence-corrected chi connectivity index (χ2v) is 6.24. The molecule has 0 radical (unpaired) electrons. The molecule has 0 aromatic carbocycles. The standard InChI is InChI=1S/C15H25N3O2S/c1-3-18-7-5-12(6-8-18)10-16-15-17-13(11-21-15)9-14(19)20-4-2/h11-12H,3-10H2,1-2H3,(H,16,17). The van der Waals surface area contributed by atoms with Crippen LogP contribution in [0.3, 0.4) is 0 Å². The summed E-state index contributed by atoms with van der Waals surface area (Å²) in [6, 6.07) is 0. The van der Waals surface area contributed by atoms with Gasteiger partial charge in [0.15, 0.2) is 5.13 Å². The van der Waals surface area contributed by atoms with E-state index in [-0.39, 0.29) is 12.4 Å². The first-order valence-electron chi connectivity index (χ1n) is 7.77. The molecular formula is C15H25N3O2S. The summed E-state index contributed by atoms with van der Waals surface area (Å²) < 4.78 is 4.93. The van der Waals surface area contributed by atoms with Gasteiger partial charge in [-0.05, 0) is 45.3 Å². The fraction of sp³-hybridized carbons (Fsp3) is 0.733. The minimum Gasteiger partial charge on any atom is -0.466 e. The zero-order chi connectivity index (χ0) is 15.1. The Morgan fingerprint density at radius 3 is 2.90 bits per heavy atom. The van der Waals surface area contributed by atoms with E-state index in [1.165, 1.54) is 25.9 Å². The number of thiazole rings is 1. The van der Waals surface area contributed by atoms with Crippen LogP contribution in [0.15, 0.2) is 5.38 Å². The zero-order valence-corrected chi connectivity index (χ0v) is 13.7. The average molecular weight is 311 g/mol. The number of carbonyl (C=O) groups is 1. The molecule has 118 valence electrons. The first-order chi connectivity index (χ1) is 10.2. The number of piperidine rings is 1. The number of rotatable bonds is 7. The molecule has 1 aliphatic rings. The summed E-state index contributed by atoms with van der Waals surface area (Å²) in [5.41, 5.74) is 0.793. The largest absolute Gasteiger partial charge is 0.466 e. The van der Waals surface area contributed by atoms with Crippen molar-refractivity contribution in [1.29, 1.82) is 0 Å². The number of likely N-dealkylation sites (tertiary alicyclic amines) is 1. The van der Waals surface area contributed by atoms with Crippen LogP contribution in [0.2, 0.25) is 0 Å². The van der Waals surface area contributed by atoms with Gasteiger partial charge in [0.2, 0.25) is 0 Å². The second-order valence-electron chi connectivity index (χ2n) is 5.38. The van der Waals surface area contributed by atoms with Crippen molar-refractivity contribution in [2.75, 3.05) is 38.1 Å². The van der Waals surface area contributed by atoms with Gasteiger partial charge >= 0.3 is 5.97 Å². The van der Waals surface area contributed by atoms with Crippen LogP contribution < -0.4 is 5.32 Å². The summed E-state index contributed by atoms with van der Waals surface area (Å²) in [7, 11) is 0. The van der Waals surface area contributed by atoms with Gasteiger partial charge in [-0.25, -0.2) is 4.98 Å². The summed E-state index contributed by atoms with van der Waals surface area (Å²) >= 11 is 1.56. The normalized spacial score (nSPS) is 16.9. The molecule has 2 rings (SSSR count). The van der Waals surface area contributed by atoms with Gasteiger partial charge in [-0.15, -0.1) is 11.3 Å². The maximum Gasteiger partial charge on any atom is 0.311 e. The van der Waals surface area contributed by atoms with E-state index in [2.05, 4.69) is 22.1 Å². The highest BCUT2D eigenvalue weighted by Gasteiger charge is 2.18. The highest BCUT2D eigenvalue weighted by atomic mass is 32.1. The molecule has 0 spiro atoms. The van der Waals surface area contributed by atoms with Crippen LogP contribution in [-0.4, -0.2) is 48.6 Å². The summed E-state index contributed by atoms with van der Waals surface area (Å²) in [4.78, 5) is 18.3. The van der Waals surface area contributed by atoms with Gasteiger partial charge in [0, 0.05) is 11.9 Å². The molecule has 1 aliphatic heterocycles. The minimum absolute atomic E-state index is 0.207. The van der Waals surface area contributed by atoms with E-state index >= 15 is 0 Å². The number of nitrogens with zero attached hydrogens (tertiary/aromatic N) is 2. The lowest BCUT2D eigenvalue weighted by Crippen LogP contribution is -2.35. The van der Waals surface area contributed by atoms with Gasteiger partial charge in [0.05, 0.1) is 18.7 Å². The molecule has 0 bridgehead atoms. The fourth-order valence-corrected chi connectivity index (χ4v) is 3.29. The number of anilines is 1. The van der Waals surface area contributed by atoms with Crippen LogP contribution in [-0.2, 0) is 16.0 Å². The van der Waals surface area contributed by atoms with Gasteiger partial charge in [-0.1, -0.05) is 6.92 Å². The van der Waals surface area contributed by atoms with Crippen LogP contribution in [0.1, 0.15) is 32.4 Å². The average Bonchev–Trinajstić information content (AvgIpc) is 2.93. The first kappa shape index (κ1) is 16.2. The Bertz CT molecular complexity index is 442. The number of esters is 1. The third-order valence-corrected chi connectivity index (χ3v) is 4.73. The van der Waals surface area contributed by atoms with E-state index < -0.39 is 0 Å². The lowest BCUT2D eigenvalue weighted by molar-refractivity contribution is -0.142. The highest BCUT2D eigenvalue weighted by Crippen LogP contribution is 2.20. The highest BCUT2D eigenvalue weighted by molar-refractivity contribution is 7.13. The number of hydrogen-bond donors (Lipinski definition) is 1. The van der Waals surface area contributed by atoms with Crippen LogP contribution in [0, 0.1) is 5.92 Å². The van der Waals surface area contributed by atoms with Crippen molar-refractivity contribution in [1.82, 2.24) is 9.88 Å². The molecule has 0 atom stereocenters. The van der Waals surface area contributed by atoms with Crippen molar-refractivity contribution in [2.24, 2.45) is 5.92 Å². The van der Waals surface area contributed by atoms with E-state index in [1.807, 2.05) is 12.3 Å². The monoisotopic (exact) mass is 311 g/mol. The summed E-state index contributed by atoms with van der Waals surface area (Å²) in [6.45, 7) is 9.00. The smallest absolute Gasteiger partial charge is 0.311 e. The number of ether oxygens (including phenoxy) is 1. The van der Waals surface area contributed by atoms with E-state index in [1.54, 1.807) is 11.3 Å². The fourth-order valence-electron chi connectivity index (χ4n) is 2.57. The zero-order valence-electron chi connectivity index (χ0n) is 12.9.